The van der Waals surface area contributed by atoms with Crippen LogP contribution in [-0.2, 0) is 11.2 Å². The Labute approximate surface area is 175 Å². The van der Waals surface area contributed by atoms with E-state index >= 15 is 0 Å². The van der Waals surface area contributed by atoms with Crippen LogP contribution < -0.4 is 5.73 Å². The van der Waals surface area contributed by atoms with Crippen molar-refractivity contribution < 1.29 is 13.6 Å². The minimum absolute atomic E-state index is 0. The standard InChI is InChI=1S/C20H21N3O3.2ClH/c1-13-17(22-20(26-13)18-8-5-9-25-18)10-19(24)23-11-15(16(21)12-23)14-6-3-2-4-7-14;;/h2-9,15-16H,10-12,21H2,1H3;2*1H/t15-,16+;;/m0../s1. The number of carbonyl (C=O) groups is 1. The van der Waals surface area contributed by atoms with Gasteiger partial charge >= 0.3 is 0 Å². The van der Waals surface area contributed by atoms with Gasteiger partial charge in [-0.25, -0.2) is 4.98 Å². The molecule has 0 radical (unpaired) electrons. The third-order valence-corrected chi connectivity index (χ3v) is 4.89. The van der Waals surface area contributed by atoms with Crippen LogP contribution in [-0.4, -0.2) is 34.9 Å². The number of oxazole rings is 1. The molecule has 6 nitrogen and oxygen atoms in total. The molecule has 8 heteroatoms. The average molecular weight is 424 g/mol. The lowest BCUT2D eigenvalue weighted by Crippen LogP contribution is -2.33. The normalized spacial score (nSPS) is 18.4. The number of halogens is 2. The van der Waals surface area contributed by atoms with Crippen LogP contribution in [0.2, 0.25) is 0 Å². The molecule has 1 aliphatic rings. The monoisotopic (exact) mass is 423 g/mol. The Hall–Kier alpha value is -2.28. The van der Waals surface area contributed by atoms with Crippen molar-refractivity contribution in [1.29, 1.82) is 0 Å². The van der Waals surface area contributed by atoms with E-state index in [1.54, 1.807) is 18.4 Å². The van der Waals surface area contributed by atoms with E-state index in [2.05, 4.69) is 17.1 Å². The van der Waals surface area contributed by atoms with Gasteiger partial charge in [0.15, 0.2) is 5.76 Å². The fraction of sp³-hybridized carbons (Fsp3) is 0.300. The lowest BCUT2D eigenvalue weighted by Gasteiger charge is -2.16. The summed E-state index contributed by atoms with van der Waals surface area (Å²) >= 11 is 0. The number of nitrogens with two attached hydrogens (primary N) is 1. The summed E-state index contributed by atoms with van der Waals surface area (Å²) < 4.78 is 10.9. The van der Waals surface area contributed by atoms with E-state index < -0.39 is 0 Å². The molecule has 0 spiro atoms. The van der Waals surface area contributed by atoms with Crippen LogP contribution in [0.5, 0.6) is 0 Å². The van der Waals surface area contributed by atoms with Gasteiger partial charge in [0.25, 0.3) is 5.89 Å². The maximum atomic E-state index is 12.8. The van der Waals surface area contributed by atoms with Gasteiger partial charge < -0.3 is 19.5 Å². The van der Waals surface area contributed by atoms with Crippen molar-refractivity contribution in [2.24, 2.45) is 5.73 Å². The second-order valence-corrected chi connectivity index (χ2v) is 6.66. The molecule has 28 heavy (non-hydrogen) atoms. The molecule has 1 fully saturated rings. The van der Waals surface area contributed by atoms with Crippen LogP contribution in [0.25, 0.3) is 11.7 Å². The van der Waals surface area contributed by atoms with E-state index in [0.29, 0.717) is 36.2 Å². The minimum Gasteiger partial charge on any atom is -0.459 e. The van der Waals surface area contributed by atoms with Crippen molar-refractivity contribution in [3.63, 3.8) is 0 Å². The van der Waals surface area contributed by atoms with Gasteiger partial charge in [-0.15, -0.1) is 24.8 Å². The number of aryl methyl sites for hydroxylation is 1. The highest BCUT2D eigenvalue weighted by molar-refractivity contribution is 5.85. The summed E-state index contributed by atoms with van der Waals surface area (Å²) in [5.41, 5.74) is 8.10. The molecule has 1 saturated heterocycles. The SMILES string of the molecule is Cc1oc(-c2ccco2)nc1CC(=O)N1C[C@@H](N)[C@H](c2ccccc2)C1.Cl.Cl. The van der Waals surface area contributed by atoms with Gasteiger partial charge in [-0.2, -0.15) is 0 Å². The average Bonchev–Trinajstić information content (AvgIpc) is 3.36. The number of benzene rings is 1. The van der Waals surface area contributed by atoms with Gasteiger partial charge in [-0.1, -0.05) is 30.3 Å². The van der Waals surface area contributed by atoms with Crippen LogP contribution in [0.3, 0.4) is 0 Å². The van der Waals surface area contributed by atoms with Crippen molar-refractivity contribution in [3.05, 3.63) is 65.7 Å². The maximum Gasteiger partial charge on any atom is 0.263 e. The Bertz CT molecular complexity index is 897. The van der Waals surface area contributed by atoms with Crippen molar-refractivity contribution in [2.45, 2.75) is 25.3 Å². The molecule has 1 amide bonds. The number of carbonyl (C=O) groups excluding carboxylic acids is 1. The molecule has 0 saturated carbocycles. The number of rotatable bonds is 4. The number of likely N-dealkylation sites (tertiary alicyclic amines) is 1. The minimum atomic E-state index is -0.0570. The van der Waals surface area contributed by atoms with E-state index in [4.69, 9.17) is 14.6 Å². The van der Waals surface area contributed by atoms with Gasteiger partial charge in [0.2, 0.25) is 5.91 Å². The second kappa shape index (κ2) is 9.28. The summed E-state index contributed by atoms with van der Waals surface area (Å²) in [5.74, 6) is 1.76. The number of aromatic nitrogens is 1. The topological polar surface area (TPSA) is 85.5 Å². The van der Waals surface area contributed by atoms with E-state index in [-0.39, 0.29) is 49.1 Å². The second-order valence-electron chi connectivity index (χ2n) is 6.66. The lowest BCUT2D eigenvalue weighted by atomic mass is 9.95. The van der Waals surface area contributed by atoms with Gasteiger partial charge in [0.1, 0.15) is 5.76 Å². The zero-order chi connectivity index (χ0) is 18.1. The summed E-state index contributed by atoms with van der Waals surface area (Å²) in [6.07, 6.45) is 1.76. The van der Waals surface area contributed by atoms with Crippen LogP contribution in [0, 0.1) is 6.92 Å². The molecule has 4 rings (SSSR count). The van der Waals surface area contributed by atoms with Crippen LogP contribution >= 0.6 is 24.8 Å². The third-order valence-electron chi connectivity index (χ3n) is 4.89. The third kappa shape index (κ3) is 4.41. The molecule has 0 aliphatic carbocycles. The molecule has 2 atom stereocenters. The first-order chi connectivity index (χ1) is 12.6. The number of amides is 1. The Kier molecular flexibility index (Phi) is 7.29. The predicted molar refractivity (Wildman–Crippen MR) is 111 cm³/mol. The largest absolute Gasteiger partial charge is 0.459 e. The molecule has 1 aromatic carbocycles. The first kappa shape index (κ1) is 22.0. The van der Waals surface area contributed by atoms with Crippen molar-refractivity contribution >= 4 is 30.7 Å². The predicted octanol–water partition coefficient (Wildman–Crippen LogP) is 3.58. The smallest absolute Gasteiger partial charge is 0.263 e. The molecule has 3 heterocycles. The Morgan fingerprint density at radius 2 is 1.93 bits per heavy atom. The highest BCUT2D eigenvalue weighted by Crippen LogP contribution is 2.27. The quantitative estimate of drug-likeness (QED) is 0.692. The van der Waals surface area contributed by atoms with Gasteiger partial charge in [-0.3, -0.25) is 4.79 Å². The van der Waals surface area contributed by atoms with Gasteiger partial charge in [0, 0.05) is 25.0 Å². The Balaban J connectivity index is 0.00000140. The lowest BCUT2D eigenvalue weighted by molar-refractivity contribution is -0.129. The van der Waals surface area contributed by atoms with Crippen molar-refractivity contribution in [3.8, 4) is 11.7 Å². The zero-order valence-electron chi connectivity index (χ0n) is 15.4. The van der Waals surface area contributed by atoms with Crippen molar-refractivity contribution in [1.82, 2.24) is 9.88 Å². The number of hydrogen-bond donors (Lipinski definition) is 1. The fourth-order valence-electron chi connectivity index (χ4n) is 3.44. The number of nitrogens with zero attached hydrogens (tertiary/aromatic N) is 2. The molecule has 2 N–H and O–H groups in total. The molecule has 0 unspecified atom stereocenters. The van der Waals surface area contributed by atoms with Gasteiger partial charge in [0.05, 0.1) is 18.4 Å². The zero-order valence-corrected chi connectivity index (χ0v) is 17.0. The van der Waals surface area contributed by atoms with E-state index in [1.165, 1.54) is 5.56 Å². The van der Waals surface area contributed by atoms with Crippen LogP contribution in [0.4, 0.5) is 0 Å². The summed E-state index contributed by atoms with van der Waals surface area (Å²) in [5, 5.41) is 0. The first-order valence-corrected chi connectivity index (χ1v) is 8.70. The highest BCUT2D eigenvalue weighted by atomic mass is 35.5. The maximum absolute atomic E-state index is 12.8. The molecular formula is C20H23Cl2N3O3. The van der Waals surface area contributed by atoms with Gasteiger partial charge in [-0.05, 0) is 24.6 Å². The van der Waals surface area contributed by atoms with E-state index in [9.17, 15) is 4.79 Å². The molecule has 1 aliphatic heterocycles. The summed E-state index contributed by atoms with van der Waals surface area (Å²) in [6, 6.07) is 13.6. The molecule has 3 aromatic rings. The molecule has 2 aromatic heterocycles. The Morgan fingerprint density at radius 1 is 1.18 bits per heavy atom. The molecular weight excluding hydrogens is 401 g/mol. The molecule has 150 valence electrons. The summed E-state index contributed by atoms with van der Waals surface area (Å²) in [4.78, 5) is 19.0. The molecule has 0 bridgehead atoms. The number of hydrogen-bond acceptors (Lipinski definition) is 5. The first-order valence-electron chi connectivity index (χ1n) is 8.70. The van der Waals surface area contributed by atoms with E-state index in [1.807, 2.05) is 30.0 Å². The Morgan fingerprint density at radius 3 is 2.61 bits per heavy atom. The summed E-state index contributed by atoms with van der Waals surface area (Å²) in [7, 11) is 0. The highest BCUT2D eigenvalue weighted by Gasteiger charge is 2.34. The van der Waals surface area contributed by atoms with Crippen LogP contribution in [0.15, 0.2) is 57.6 Å². The number of furan rings is 1. The van der Waals surface area contributed by atoms with Crippen molar-refractivity contribution in [2.75, 3.05) is 13.1 Å². The van der Waals surface area contributed by atoms with E-state index in [0.717, 1.165) is 0 Å². The summed E-state index contributed by atoms with van der Waals surface area (Å²) in [6.45, 7) is 3.00. The van der Waals surface area contributed by atoms with Crippen LogP contribution in [0.1, 0.15) is 22.9 Å². The fourth-order valence-corrected chi connectivity index (χ4v) is 3.44.